The van der Waals surface area contributed by atoms with Crippen LogP contribution in [0.5, 0.6) is 0 Å². The molecule has 2 fully saturated rings. The summed E-state index contributed by atoms with van der Waals surface area (Å²) in [6.45, 7) is 0.517. The highest BCUT2D eigenvalue weighted by Crippen LogP contribution is 2.50. The van der Waals surface area contributed by atoms with Crippen molar-refractivity contribution in [1.82, 2.24) is 4.90 Å². The fourth-order valence-electron chi connectivity index (χ4n) is 3.39. The molecule has 2 aliphatic carbocycles. The maximum Gasteiger partial charge on any atom is 0.226 e. The minimum Gasteiger partial charge on any atom is -0.335 e. The molecule has 2 unspecified atom stereocenters. The van der Waals surface area contributed by atoms with Crippen LogP contribution in [0.15, 0.2) is 53.0 Å². The van der Waals surface area contributed by atoms with E-state index in [2.05, 4.69) is 28.1 Å². The molecular formula is C20H19BrFNO. The molecule has 124 valence electrons. The first kappa shape index (κ1) is 15.8. The molecule has 2 atom stereocenters. The third-order valence-electron chi connectivity index (χ3n) is 4.90. The van der Waals surface area contributed by atoms with Gasteiger partial charge in [-0.05, 0) is 60.6 Å². The van der Waals surface area contributed by atoms with Crippen molar-refractivity contribution in [3.63, 3.8) is 0 Å². The van der Waals surface area contributed by atoms with Gasteiger partial charge >= 0.3 is 0 Å². The van der Waals surface area contributed by atoms with Gasteiger partial charge in [0.1, 0.15) is 5.82 Å². The van der Waals surface area contributed by atoms with Gasteiger partial charge in [0, 0.05) is 23.0 Å². The molecule has 2 aromatic rings. The van der Waals surface area contributed by atoms with Crippen LogP contribution in [0.25, 0.3) is 0 Å². The van der Waals surface area contributed by atoms with Crippen LogP contribution < -0.4 is 0 Å². The van der Waals surface area contributed by atoms with Crippen LogP contribution >= 0.6 is 15.9 Å². The molecule has 0 bridgehead atoms. The van der Waals surface area contributed by atoms with E-state index in [4.69, 9.17) is 0 Å². The van der Waals surface area contributed by atoms with Crippen LogP contribution in [-0.4, -0.2) is 16.8 Å². The lowest BCUT2D eigenvalue weighted by Gasteiger charge is -2.23. The topological polar surface area (TPSA) is 20.3 Å². The molecule has 2 aliphatic rings. The highest BCUT2D eigenvalue weighted by Gasteiger charge is 2.48. The molecule has 2 nitrogen and oxygen atoms in total. The molecule has 0 heterocycles. The monoisotopic (exact) mass is 387 g/mol. The Bertz CT molecular complexity index is 774. The third-order valence-corrected chi connectivity index (χ3v) is 5.39. The number of halogens is 2. The summed E-state index contributed by atoms with van der Waals surface area (Å²) >= 11 is 3.50. The van der Waals surface area contributed by atoms with Crippen molar-refractivity contribution in [2.24, 2.45) is 5.92 Å². The maximum atomic E-state index is 13.4. The van der Waals surface area contributed by atoms with E-state index in [1.54, 1.807) is 6.07 Å². The number of amides is 1. The Morgan fingerprint density at radius 1 is 1.17 bits per heavy atom. The van der Waals surface area contributed by atoms with E-state index in [0.717, 1.165) is 29.3 Å². The number of carbonyl (C=O) groups is 1. The first-order valence-corrected chi connectivity index (χ1v) is 9.21. The van der Waals surface area contributed by atoms with Crippen LogP contribution in [0.2, 0.25) is 0 Å². The minimum absolute atomic E-state index is 0.0773. The van der Waals surface area contributed by atoms with E-state index in [-0.39, 0.29) is 17.6 Å². The summed E-state index contributed by atoms with van der Waals surface area (Å²) in [6.07, 6.45) is 3.05. The average Bonchev–Trinajstić information content (AvgIpc) is 3.46. The number of hydrogen-bond acceptors (Lipinski definition) is 1. The van der Waals surface area contributed by atoms with Crippen molar-refractivity contribution < 1.29 is 9.18 Å². The van der Waals surface area contributed by atoms with Crippen LogP contribution in [0.1, 0.15) is 36.3 Å². The highest BCUT2D eigenvalue weighted by molar-refractivity contribution is 9.10. The summed E-state index contributed by atoms with van der Waals surface area (Å²) in [4.78, 5) is 14.9. The second kappa shape index (κ2) is 6.32. The lowest BCUT2D eigenvalue weighted by atomic mass is 10.1. The second-order valence-corrected chi connectivity index (χ2v) is 7.75. The molecule has 4 rings (SSSR count). The van der Waals surface area contributed by atoms with Gasteiger partial charge in [-0.3, -0.25) is 4.79 Å². The van der Waals surface area contributed by atoms with Crippen molar-refractivity contribution >= 4 is 21.8 Å². The molecule has 0 saturated heterocycles. The predicted octanol–water partition coefficient (Wildman–Crippen LogP) is 4.88. The summed E-state index contributed by atoms with van der Waals surface area (Å²) < 4.78 is 14.5. The average molecular weight is 388 g/mol. The van der Waals surface area contributed by atoms with Gasteiger partial charge in [0.25, 0.3) is 0 Å². The van der Waals surface area contributed by atoms with Crippen LogP contribution in [-0.2, 0) is 11.3 Å². The Morgan fingerprint density at radius 2 is 1.96 bits per heavy atom. The highest BCUT2D eigenvalue weighted by atomic mass is 79.9. The van der Waals surface area contributed by atoms with Gasteiger partial charge in [-0.25, -0.2) is 4.39 Å². The van der Waals surface area contributed by atoms with Gasteiger partial charge < -0.3 is 4.90 Å². The quantitative estimate of drug-likeness (QED) is 0.715. The fraction of sp³-hybridized carbons (Fsp3) is 0.350. The van der Waals surface area contributed by atoms with Crippen LogP contribution in [0, 0.1) is 11.7 Å². The Morgan fingerprint density at radius 3 is 2.67 bits per heavy atom. The van der Waals surface area contributed by atoms with E-state index < -0.39 is 0 Å². The molecule has 0 N–H and O–H groups in total. The predicted molar refractivity (Wildman–Crippen MR) is 95.0 cm³/mol. The Balaban J connectivity index is 1.48. The summed E-state index contributed by atoms with van der Waals surface area (Å²) in [5, 5.41) is 0. The number of hydrogen-bond donors (Lipinski definition) is 0. The molecule has 2 aromatic carbocycles. The van der Waals surface area contributed by atoms with E-state index >= 15 is 0 Å². The van der Waals surface area contributed by atoms with Crippen LogP contribution in [0.3, 0.4) is 0 Å². The molecular weight excluding hydrogens is 369 g/mol. The lowest BCUT2D eigenvalue weighted by Crippen LogP contribution is -2.34. The van der Waals surface area contributed by atoms with Gasteiger partial charge in [-0.2, -0.15) is 0 Å². The summed E-state index contributed by atoms with van der Waals surface area (Å²) in [5.41, 5.74) is 2.10. The first-order chi connectivity index (χ1) is 11.6. The smallest absolute Gasteiger partial charge is 0.226 e. The van der Waals surface area contributed by atoms with E-state index in [9.17, 15) is 9.18 Å². The van der Waals surface area contributed by atoms with E-state index in [0.29, 0.717) is 18.5 Å². The van der Waals surface area contributed by atoms with Crippen LogP contribution in [0.4, 0.5) is 4.39 Å². The maximum absolute atomic E-state index is 13.4. The largest absolute Gasteiger partial charge is 0.335 e. The van der Waals surface area contributed by atoms with E-state index in [1.165, 1.54) is 17.7 Å². The van der Waals surface area contributed by atoms with Crippen molar-refractivity contribution in [3.05, 3.63) is 69.9 Å². The van der Waals surface area contributed by atoms with Gasteiger partial charge in [0.05, 0.1) is 0 Å². The number of rotatable bonds is 5. The Labute approximate surface area is 149 Å². The van der Waals surface area contributed by atoms with Gasteiger partial charge in [-0.15, -0.1) is 0 Å². The van der Waals surface area contributed by atoms with Gasteiger partial charge in [0.15, 0.2) is 0 Å². The summed E-state index contributed by atoms with van der Waals surface area (Å²) in [6, 6.07) is 15.1. The fourth-order valence-corrected chi connectivity index (χ4v) is 3.81. The molecule has 4 heteroatoms. The summed E-state index contributed by atoms with van der Waals surface area (Å²) in [5.74, 6) is 0.387. The molecule has 1 amide bonds. The number of benzene rings is 2. The molecule has 24 heavy (non-hydrogen) atoms. The van der Waals surface area contributed by atoms with Gasteiger partial charge in [0.2, 0.25) is 5.91 Å². The van der Waals surface area contributed by atoms with Crippen molar-refractivity contribution in [2.45, 2.75) is 37.8 Å². The Kier molecular flexibility index (Phi) is 4.17. The zero-order valence-electron chi connectivity index (χ0n) is 13.3. The standard InChI is InChI=1S/C20H19BrFNO/c21-15-5-2-4-14(10-15)18-11-19(18)20(24)23(17-7-8-17)12-13-3-1-6-16(22)9-13/h1-6,9-10,17-19H,7-8,11-12H2. The normalized spacial score (nSPS) is 22.2. The van der Waals surface area contributed by atoms with Crippen molar-refractivity contribution in [2.75, 3.05) is 0 Å². The minimum atomic E-state index is -0.242. The molecule has 2 saturated carbocycles. The molecule has 0 aliphatic heterocycles. The van der Waals surface area contributed by atoms with E-state index in [1.807, 2.05) is 23.1 Å². The zero-order valence-corrected chi connectivity index (χ0v) is 14.9. The molecule has 0 aromatic heterocycles. The third kappa shape index (κ3) is 3.39. The van der Waals surface area contributed by atoms with Crippen molar-refractivity contribution in [1.29, 1.82) is 0 Å². The Hall–Kier alpha value is -1.68. The molecule has 0 spiro atoms. The molecule has 0 radical (unpaired) electrons. The number of carbonyl (C=O) groups excluding carboxylic acids is 1. The van der Waals surface area contributed by atoms with Crippen molar-refractivity contribution in [3.8, 4) is 0 Å². The lowest BCUT2D eigenvalue weighted by molar-refractivity contribution is -0.133. The SMILES string of the molecule is O=C(C1CC1c1cccc(Br)c1)N(Cc1cccc(F)c1)C1CC1. The zero-order chi connectivity index (χ0) is 16.7. The first-order valence-electron chi connectivity index (χ1n) is 8.42. The number of nitrogens with zero attached hydrogens (tertiary/aromatic N) is 1. The summed E-state index contributed by atoms with van der Waals surface area (Å²) in [7, 11) is 0. The second-order valence-electron chi connectivity index (χ2n) is 6.83. The van der Waals surface area contributed by atoms with Gasteiger partial charge in [-0.1, -0.05) is 40.2 Å².